The zero-order valence-corrected chi connectivity index (χ0v) is 18.5. The largest absolute Gasteiger partial charge is 0.503 e. The molecule has 1 atom stereocenters. The number of furan rings is 1. The predicted octanol–water partition coefficient (Wildman–Crippen LogP) is 4.51. The number of ketones is 1. The number of ether oxygens (including phenoxy) is 2. The van der Waals surface area contributed by atoms with Gasteiger partial charge in [-0.15, -0.1) is 0 Å². The molecule has 1 N–H and O–H groups in total. The molecule has 0 fully saturated rings. The van der Waals surface area contributed by atoms with Crippen molar-refractivity contribution in [2.45, 2.75) is 19.4 Å². The van der Waals surface area contributed by atoms with E-state index in [1.807, 2.05) is 37.3 Å². The van der Waals surface area contributed by atoms with E-state index in [4.69, 9.17) is 13.9 Å². The van der Waals surface area contributed by atoms with Gasteiger partial charge in [-0.1, -0.05) is 36.4 Å². The summed E-state index contributed by atoms with van der Waals surface area (Å²) in [5.41, 5.74) is 1.64. The molecule has 0 saturated carbocycles. The van der Waals surface area contributed by atoms with E-state index >= 15 is 0 Å². The molecule has 7 heteroatoms. The number of hydrogen-bond acceptors (Lipinski definition) is 6. The second-order valence-electron chi connectivity index (χ2n) is 7.55. The Balaban J connectivity index is 1.75. The van der Waals surface area contributed by atoms with Crippen molar-refractivity contribution in [1.82, 2.24) is 4.90 Å². The molecule has 4 rings (SSSR count). The third-order valence-corrected chi connectivity index (χ3v) is 5.58. The quantitative estimate of drug-likeness (QED) is 0.486. The van der Waals surface area contributed by atoms with Gasteiger partial charge in [-0.05, 0) is 48.7 Å². The van der Waals surface area contributed by atoms with Crippen molar-refractivity contribution in [3.05, 3.63) is 95.1 Å². The van der Waals surface area contributed by atoms with Crippen LogP contribution in [-0.4, -0.2) is 42.0 Å². The van der Waals surface area contributed by atoms with Gasteiger partial charge in [0.2, 0.25) is 5.78 Å². The Hall–Kier alpha value is -4.00. The topological polar surface area (TPSA) is 89.2 Å². The molecule has 0 spiro atoms. The fourth-order valence-corrected chi connectivity index (χ4v) is 4.03. The molecule has 1 amide bonds. The van der Waals surface area contributed by atoms with Crippen LogP contribution >= 0.6 is 0 Å². The summed E-state index contributed by atoms with van der Waals surface area (Å²) in [6.45, 7) is 2.64. The van der Waals surface area contributed by atoms with Gasteiger partial charge in [-0.2, -0.15) is 0 Å². The fourth-order valence-electron chi connectivity index (χ4n) is 4.03. The van der Waals surface area contributed by atoms with Gasteiger partial charge in [-0.3, -0.25) is 9.59 Å². The van der Waals surface area contributed by atoms with Gasteiger partial charge in [0.25, 0.3) is 5.91 Å². The van der Waals surface area contributed by atoms with Crippen LogP contribution in [0.1, 0.15) is 34.6 Å². The molecule has 0 saturated heterocycles. The lowest BCUT2D eigenvalue weighted by Crippen LogP contribution is -2.33. The number of amides is 1. The first-order valence-corrected chi connectivity index (χ1v) is 10.7. The Bertz CT molecular complexity index is 1170. The number of carbonyl (C=O) groups is 2. The van der Waals surface area contributed by atoms with Crippen LogP contribution in [0.4, 0.5) is 0 Å². The molecule has 0 bridgehead atoms. The molecule has 1 aliphatic rings. The third-order valence-electron chi connectivity index (χ3n) is 5.58. The van der Waals surface area contributed by atoms with Gasteiger partial charge in [0, 0.05) is 6.54 Å². The fraction of sp³-hybridized carbons (Fsp3) is 0.231. The number of nitrogens with zero attached hydrogens (tertiary/aromatic N) is 1. The monoisotopic (exact) mass is 447 g/mol. The SMILES string of the molecule is CCOc1ccc([C@H]2C(C(=O)c3ccco3)=C(O)C(=O)N2CCc2ccccc2)cc1OC. The molecule has 7 nitrogen and oxygen atoms in total. The van der Waals surface area contributed by atoms with E-state index in [1.54, 1.807) is 24.3 Å². The van der Waals surface area contributed by atoms with Crippen molar-refractivity contribution in [2.75, 3.05) is 20.3 Å². The molecule has 33 heavy (non-hydrogen) atoms. The summed E-state index contributed by atoms with van der Waals surface area (Å²) in [5, 5.41) is 10.8. The first kappa shape index (κ1) is 22.2. The minimum atomic E-state index is -0.802. The van der Waals surface area contributed by atoms with E-state index in [0.29, 0.717) is 36.6 Å². The van der Waals surface area contributed by atoms with Crippen LogP contribution in [0.25, 0.3) is 0 Å². The normalized spacial score (nSPS) is 15.8. The van der Waals surface area contributed by atoms with E-state index in [2.05, 4.69) is 0 Å². The molecule has 0 aliphatic carbocycles. The van der Waals surface area contributed by atoms with E-state index in [-0.39, 0.29) is 11.3 Å². The van der Waals surface area contributed by atoms with Crippen molar-refractivity contribution in [2.24, 2.45) is 0 Å². The van der Waals surface area contributed by atoms with Crippen molar-refractivity contribution >= 4 is 11.7 Å². The Morgan fingerprint density at radius 2 is 1.88 bits per heavy atom. The second kappa shape index (κ2) is 9.65. The van der Waals surface area contributed by atoms with Gasteiger partial charge in [0.05, 0.1) is 31.6 Å². The van der Waals surface area contributed by atoms with E-state index < -0.39 is 23.5 Å². The number of aliphatic hydroxyl groups excluding tert-OH is 1. The van der Waals surface area contributed by atoms with Crippen LogP contribution < -0.4 is 9.47 Å². The van der Waals surface area contributed by atoms with Crippen molar-refractivity contribution in [1.29, 1.82) is 0 Å². The van der Waals surface area contributed by atoms with Crippen LogP contribution in [0.15, 0.2) is 82.7 Å². The van der Waals surface area contributed by atoms with Crippen LogP contribution in [0.5, 0.6) is 11.5 Å². The molecule has 170 valence electrons. The summed E-state index contributed by atoms with van der Waals surface area (Å²) < 4.78 is 16.3. The van der Waals surface area contributed by atoms with Gasteiger partial charge in [0.15, 0.2) is 23.0 Å². The minimum absolute atomic E-state index is 0.0192. The van der Waals surface area contributed by atoms with Crippen LogP contribution in [-0.2, 0) is 11.2 Å². The number of rotatable bonds is 9. The predicted molar refractivity (Wildman–Crippen MR) is 121 cm³/mol. The highest BCUT2D eigenvalue weighted by atomic mass is 16.5. The summed E-state index contributed by atoms with van der Waals surface area (Å²) in [7, 11) is 1.52. The number of methoxy groups -OCH3 is 1. The molecule has 1 aromatic heterocycles. The second-order valence-corrected chi connectivity index (χ2v) is 7.55. The molecular weight excluding hydrogens is 422 g/mol. The first-order valence-electron chi connectivity index (χ1n) is 10.7. The van der Waals surface area contributed by atoms with Crippen LogP contribution in [0.2, 0.25) is 0 Å². The summed E-state index contributed by atoms with van der Waals surface area (Å²) in [6.07, 6.45) is 1.94. The third kappa shape index (κ3) is 4.35. The number of benzene rings is 2. The molecule has 2 aromatic carbocycles. The molecule has 0 radical (unpaired) electrons. The summed E-state index contributed by atoms with van der Waals surface area (Å²) in [4.78, 5) is 27.9. The lowest BCUT2D eigenvalue weighted by Gasteiger charge is -2.27. The average molecular weight is 447 g/mol. The highest BCUT2D eigenvalue weighted by Gasteiger charge is 2.44. The lowest BCUT2D eigenvalue weighted by molar-refractivity contribution is -0.129. The smallest absolute Gasteiger partial charge is 0.290 e. The van der Waals surface area contributed by atoms with Crippen molar-refractivity contribution in [3.63, 3.8) is 0 Å². The Labute approximate surface area is 191 Å². The Kier molecular flexibility index (Phi) is 6.49. The maximum Gasteiger partial charge on any atom is 0.290 e. The van der Waals surface area contributed by atoms with Gasteiger partial charge in [0.1, 0.15) is 0 Å². The highest BCUT2D eigenvalue weighted by Crippen LogP contribution is 2.41. The minimum Gasteiger partial charge on any atom is -0.503 e. The summed E-state index contributed by atoms with van der Waals surface area (Å²) >= 11 is 0. The number of carbonyl (C=O) groups excluding carboxylic acids is 2. The zero-order chi connectivity index (χ0) is 23.4. The van der Waals surface area contributed by atoms with Gasteiger partial charge < -0.3 is 23.9 Å². The molecule has 3 aromatic rings. The van der Waals surface area contributed by atoms with Crippen LogP contribution in [0, 0.1) is 0 Å². The molecular formula is C26H25NO6. The molecule has 0 unspecified atom stereocenters. The van der Waals surface area contributed by atoms with E-state index in [9.17, 15) is 14.7 Å². The van der Waals surface area contributed by atoms with Gasteiger partial charge >= 0.3 is 0 Å². The maximum atomic E-state index is 13.2. The van der Waals surface area contributed by atoms with Crippen molar-refractivity contribution in [3.8, 4) is 11.5 Å². The zero-order valence-electron chi connectivity index (χ0n) is 18.5. The van der Waals surface area contributed by atoms with Gasteiger partial charge in [-0.25, -0.2) is 0 Å². The first-order chi connectivity index (χ1) is 16.0. The van der Waals surface area contributed by atoms with Crippen molar-refractivity contribution < 1.29 is 28.6 Å². The number of hydrogen-bond donors (Lipinski definition) is 1. The standard InChI is InChI=1S/C26H25NO6/c1-3-32-19-12-11-18(16-21(19)31-2)23-22(24(28)20-10-7-15-33-20)25(29)26(30)27(23)14-13-17-8-5-4-6-9-17/h4-12,15-16,23,29H,3,13-14H2,1-2H3/t23-/m0/s1. The van der Waals surface area contributed by atoms with E-state index in [1.165, 1.54) is 24.3 Å². The molecule has 1 aliphatic heterocycles. The van der Waals surface area contributed by atoms with Crippen LogP contribution in [0.3, 0.4) is 0 Å². The van der Waals surface area contributed by atoms with E-state index in [0.717, 1.165) is 5.56 Å². The maximum absolute atomic E-state index is 13.2. The average Bonchev–Trinajstić information content (AvgIpc) is 3.46. The summed E-state index contributed by atoms with van der Waals surface area (Å²) in [5.74, 6) is -0.624. The lowest BCUT2D eigenvalue weighted by atomic mass is 9.94. The number of Topliss-reactive ketones (excluding diaryl/α,β-unsaturated/α-hetero) is 1. The Morgan fingerprint density at radius 1 is 1.09 bits per heavy atom. The Morgan fingerprint density at radius 3 is 2.55 bits per heavy atom. The molecule has 2 heterocycles. The number of aliphatic hydroxyl groups is 1. The highest BCUT2D eigenvalue weighted by molar-refractivity contribution is 6.15. The summed E-state index contributed by atoms with van der Waals surface area (Å²) in [6, 6.07) is 17.3.